The first-order valence-corrected chi connectivity index (χ1v) is 5.76. The van der Waals surface area contributed by atoms with Gasteiger partial charge in [-0.1, -0.05) is 43.3 Å². The van der Waals surface area contributed by atoms with Crippen molar-refractivity contribution in [1.29, 1.82) is 0 Å². The van der Waals surface area contributed by atoms with Crippen molar-refractivity contribution in [2.75, 3.05) is 0 Å². The Labute approximate surface area is 101 Å². The molecule has 2 heteroatoms. The van der Waals surface area contributed by atoms with E-state index in [9.17, 15) is 10.2 Å². The van der Waals surface area contributed by atoms with Gasteiger partial charge in [0.15, 0.2) is 0 Å². The largest absolute Gasteiger partial charge is 0.508 e. The Kier molecular flexibility index (Phi) is 3.45. The van der Waals surface area contributed by atoms with Gasteiger partial charge in [-0.3, -0.25) is 0 Å². The summed E-state index contributed by atoms with van der Waals surface area (Å²) in [7, 11) is 0. The number of benzene rings is 2. The lowest BCUT2D eigenvalue weighted by atomic mass is 10.00. The summed E-state index contributed by atoms with van der Waals surface area (Å²) in [4.78, 5) is 0. The zero-order valence-corrected chi connectivity index (χ0v) is 9.80. The van der Waals surface area contributed by atoms with Crippen molar-refractivity contribution in [3.63, 3.8) is 0 Å². The summed E-state index contributed by atoms with van der Waals surface area (Å²) < 4.78 is 0. The highest BCUT2D eigenvalue weighted by molar-refractivity contribution is 5.34. The van der Waals surface area contributed by atoms with E-state index in [1.54, 1.807) is 24.3 Å². The van der Waals surface area contributed by atoms with Crippen LogP contribution in [-0.2, 0) is 6.42 Å². The molecule has 2 nitrogen and oxygen atoms in total. The number of hydrogen-bond donors (Lipinski definition) is 2. The minimum Gasteiger partial charge on any atom is -0.508 e. The number of hydrogen-bond acceptors (Lipinski definition) is 2. The van der Waals surface area contributed by atoms with Gasteiger partial charge in [0.2, 0.25) is 0 Å². The first-order valence-electron chi connectivity index (χ1n) is 5.76. The molecule has 0 bridgehead atoms. The van der Waals surface area contributed by atoms with Gasteiger partial charge < -0.3 is 10.2 Å². The second kappa shape index (κ2) is 5.02. The van der Waals surface area contributed by atoms with E-state index in [-0.39, 0.29) is 5.75 Å². The highest BCUT2D eigenvalue weighted by Crippen LogP contribution is 2.23. The monoisotopic (exact) mass is 228 g/mol. The predicted octanol–water partition coefficient (Wildman–Crippen LogP) is 3.04. The lowest BCUT2D eigenvalue weighted by molar-refractivity contribution is 0.220. The maximum Gasteiger partial charge on any atom is 0.115 e. The summed E-state index contributed by atoms with van der Waals surface area (Å²) in [6, 6.07) is 14.6. The maximum absolute atomic E-state index is 10.2. The first kappa shape index (κ1) is 11.7. The van der Waals surface area contributed by atoms with Gasteiger partial charge in [-0.05, 0) is 35.2 Å². The molecule has 0 amide bonds. The van der Waals surface area contributed by atoms with Gasteiger partial charge >= 0.3 is 0 Å². The average Bonchev–Trinajstić information content (AvgIpc) is 2.39. The minimum absolute atomic E-state index is 0.210. The van der Waals surface area contributed by atoms with Crippen LogP contribution in [0.2, 0.25) is 0 Å². The Morgan fingerprint density at radius 2 is 1.35 bits per heavy atom. The van der Waals surface area contributed by atoms with Crippen molar-refractivity contribution in [3.05, 3.63) is 65.2 Å². The predicted molar refractivity (Wildman–Crippen MR) is 68.0 cm³/mol. The number of aliphatic hydroxyl groups is 1. The topological polar surface area (TPSA) is 40.5 Å². The van der Waals surface area contributed by atoms with Crippen molar-refractivity contribution in [1.82, 2.24) is 0 Å². The zero-order valence-electron chi connectivity index (χ0n) is 9.80. The molecule has 88 valence electrons. The van der Waals surface area contributed by atoms with Crippen LogP contribution in [0.15, 0.2) is 48.5 Å². The zero-order chi connectivity index (χ0) is 12.3. The molecule has 2 aromatic carbocycles. The van der Waals surface area contributed by atoms with E-state index in [2.05, 4.69) is 6.92 Å². The van der Waals surface area contributed by atoms with E-state index in [0.29, 0.717) is 0 Å². The Balaban J connectivity index is 2.23. The third-order valence-electron chi connectivity index (χ3n) is 2.91. The molecule has 1 unspecified atom stereocenters. The quantitative estimate of drug-likeness (QED) is 0.847. The number of aliphatic hydroxyl groups excluding tert-OH is 1. The molecule has 0 spiro atoms. The van der Waals surface area contributed by atoms with Gasteiger partial charge in [0.05, 0.1) is 0 Å². The van der Waals surface area contributed by atoms with Gasteiger partial charge in [0.25, 0.3) is 0 Å². The molecular weight excluding hydrogens is 212 g/mol. The van der Waals surface area contributed by atoms with Gasteiger partial charge in [-0.15, -0.1) is 0 Å². The van der Waals surface area contributed by atoms with Crippen LogP contribution < -0.4 is 0 Å². The number of phenols is 1. The Bertz CT molecular complexity index is 471. The third kappa shape index (κ3) is 2.66. The second-order valence-electron chi connectivity index (χ2n) is 4.09. The van der Waals surface area contributed by atoms with Crippen molar-refractivity contribution in [3.8, 4) is 5.75 Å². The second-order valence-corrected chi connectivity index (χ2v) is 4.09. The van der Waals surface area contributed by atoms with Crippen molar-refractivity contribution in [2.45, 2.75) is 19.4 Å². The van der Waals surface area contributed by atoms with Crippen LogP contribution in [0, 0.1) is 0 Å². The van der Waals surface area contributed by atoms with Crippen LogP contribution in [0.25, 0.3) is 0 Å². The lowest BCUT2D eigenvalue weighted by Gasteiger charge is -2.12. The summed E-state index contributed by atoms with van der Waals surface area (Å²) in [6.07, 6.45) is 0.358. The summed E-state index contributed by atoms with van der Waals surface area (Å²) >= 11 is 0. The molecule has 0 radical (unpaired) electrons. The molecule has 0 aromatic heterocycles. The standard InChI is InChI=1S/C15H16O2/c1-2-11-3-5-12(6-4-11)15(17)13-7-9-14(16)10-8-13/h3-10,15-17H,2H2,1H3. The minimum atomic E-state index is -0.637. The Morgan fingerprint density at radius 3 is 1.82 bits per heavy atom. The van der Waals surface area contributed by atoms with E-state index in [0.717, 1.165) is 17.5 Å². The Morgan fingerprint density at radius 1 is 0.882 bits per heavy atom. The van der Waals surface area contributed by atoms with E-state index < -0.39 is 6.10 Å². The fraction of sp³-hybridized carbons (Fsp3) is 0.200. The highest BCUT2D eigenvalue weighted by Gasteiger charge is 2.09. The maximum atomic E-state index is 10.2. The van der Waals surface area contributed by atoms with Gasteiger partial charge in [0, 0.05) is 0 Å². The van der Waals surface area contributed by atoms with Crippen molar-refractivity contribution >= 4 is 0 Å². The summed E-state index contributed by atoms with van der Waals surface area (Å²) in [5, 5.41) is 19.4. The van der Waals surface area contributed by atoms with E-state index >= 15 is 0 Å². The molecule has 0 saturated heterocycles. The molecule has 0 saturated carbocycles. The summed E-state index contributed by atoms with van der Waals surface area (Å²) in [5.74, 6) is 0.210. The van der Waals surface area contributed by atoms with Crippen LogP contribution >= 0.6 is 0 Å². The molecular formula is C15H16O2. The SMILES string of the molecule is CCc1ccc(C(O)c2ccc(O)cc2)cc1. The molecule has 1 atom stereocenters. The molecule has 0 aliphatic heterocycles. The number of phenolic OH excluding ortho intramolecular Hbond substituents is 1. The highest BCUT2D eigenvalue weighted by atomic mass is 16.3. The van der Waals surface area contributed by atoms with Crippen LogP contribution in [0.3, 0.4) is 0 Å². The average molecular weight is 228 g/mol. The van der Waals surface area contributed by atoms with Gasteiger partial charge in [-0.2, -0.15) is 0 Å². The van der Waals surface area contributed by atoms with Gasteiger partial charge in [0.1, 0.15) is 11.9 Å². The normalized spacial score (nSPS) is 12.4. The van der Waals surface area contributed by atoms with Crippen LogP contribution in [-0.4, -0.2) is 10.2 Å². The molecule has 0 aliphatic carbocycles. The van der Waals surface area contributed by atoms with Crippen LogP contribution in [0.1, 0.15) is 29.7 Å². The Hall–Kier alpha value is -1.80. The van der Waals surface area contributed by atoms with E-state index in [4.69, 9.17) is 0 Å². The summed E-state index contributed by atoms with van der Waals surface area (Å²) in [6.45, 7) is 2.10. The molecule has 0 aliphatic rings. The fourth-order valence-electron chi connectivity index (χ4n) is 1.78. The lowest BCUT2D eigenvalue weighted by Crippen LogP contribution is -1.99. The number of rotatable bonds is 3. The van der Waals surface area contributed by atoms with E-state index in [1.165, 1.54) is 5.56 Å². The molecule has 17 heavy (non-hydrogen) atoms. The number of aromatic hydroxyl groups is 1. The van der Waals surface area contributed by atoms with Crippen LogP contribution in [0.5, 0.6) is 5.75 Å². The van der Waals surface area contributed by atoms with Crippen LogP contribution in [0.4, 0.5) is 0 Å². The molecule has 0 heterocycles. The molecule has 2 aromatic rings. The number of aryl methyl sites for hydroxylation is 1. The fourth-order valence-corrected chi connectivity index (χ4v) is 1.78. The van der Waals surface area contributed by atoms with Crippen molar-refractivity contribution < 1.29 is 10.2 Å². The smallest absolute Gasteiger partial charge is 0.115 e. The van der Waals surface area contributed by atoms with Gasteiger partial charge in [-0.25, -0.2) is 0 Å². The molecule has 0 fully saturated rings. The molecule has 2 rings (SSSR count). The third-order valence-corrected chi connectivity index (χ3v) is 2.91. The molecule has 2 N–H and O–H groups in total. The van der Waals surface area contributed by atoms with Crippen molar-refractivity contribution in [2.24, 2.45) is 0 Å². The summed E-state index contributed by atoms with van der Waals surface area (Å²) in [5.41, 5.74) is 2.91. The van der Waals surface area contributed by atoms with E-state index in [1.807, 2.05) is 24.3 Å². The first-order chi connectivity index (χ1) is 8.20.